The van der Waals surface area contributed by atoms with Crippen LogP contribution in [-0.4, -0.2) is 39.3 Å². The van der Waals surface area contributed by atoms with Crippen molar-refractivity contribution in [2.75, 3.05) is 17.2 Å². The normalized spacial score (nSPS) is 25.7. The summed E-state index contributed by atoms with van der Waals surface area (Å²) in [6.45, 7) is 4.07. The molecular formula is C19H28N2O4S. The van der Waals surface area contributed by atoms with Gasteiger partial charge in [0.05, 0.1) is 18.6 Å². The van der Waals surface area contributed by atoms with Crippen LogP contribution in [0.3, 0.4) is 0 Å². The van der Waals surface area contributed by atoms with Gasteiger partial charge in [-0.2, -0.15) is 0 Å². The van der Waals surface area contributed by atoms with Gasteiger partial charge in [-0.25, -0.2) is 8.42 Å². The van der Waals surface area contributed by atoms with Crippen LogP contribution in [0.5, 0.6) is 5.75 Å². The molecule has 1 aromatic rings. The Morgan fingerprint density at radius 1 is 1.27 bits per heavy atom. The number of benzene rings is 1. The predicted octanol–water partition coefficient (Wildman–Crippen LogP) is 2.54. The highest BCUT2D eigenvalue weighted by molar-refractivity contribution is 7.92. The monoisotopic (exact) mass is 380 g/mol. The number of carbonyl (C=O) groups excluding carboxylic acids is 1. The Morgan fingerprint density at radius 2 is 1.96 bits per heavy atom. The third kappa shape index (κ3) is 3.98. The van der Waals surface area contributed by atoms with Gasteiger partial charge in [0, 0.05) is 6.04 Å². The molecule has 4 atom stereocenters. The van der Waals surface area contributed by atoms with Gasteiger partial charge in [0.25, 0.3) is 0 Å². The van der Waals surface area contributed by atoms with Gasteiger partial charge in [0.2, 0.25) is 15.9 Å². The Hall–Kier alpha value is -1.76. The second-order valence-electron chi connectivity index (χ2n) is 7.45. The number of hydrogen-bond donors (Lipinski definition) is 1. The van der Waals surface area contributed by atoms with Crippen molar-refractivity contribution in [1.82, 2.24) is 5.32 Å². The van der Waals surface area contributed by atoms with Gasteiger partial charge < -0.3 is 10.1 Å². The van der Waals surface area contributed by atoms with Crippen LogP contribution in [0.15, 0.2) is 24.3 Å². The zero-order valence-corrected chi connectivity index (χ0v) is 16.5. The molecule has 144 valence electrons. The van der Waals surface area contributed by atoms with Crippen LogP contribution in [-0.2, 0) is 14.8 Å². The van der Waals surface area contributed by atoms with Crippen LogP contribution in [0, 0.1) is 11.8 Å². The first-order chi connectivity index (χ1) is 12.3. The van der Waals surface area contributed by atoms with E-state index in [9.17, 15) is 13.2 Å². The SMILES string of the molecule is CCOc1ccc(N([C@@H](C)C(=O)N[C@H]2C[C@H]3CC[C@H]2C3)S(C)(=O)=O)cc1. The van der Waals surface area contributed by atoms with Crippen molar-refractivity contribution in [3.63, 3.8) is 0 Å². The van der Waals surface area contributed by atoms with Gasteiger partial charge in [-0.15, -0.1) is 0 Å². The Balaban J connectivity index is 1.75. The van der Waals surface area contributed by atoms with E-state index in [1.807, 2.05) is 6.92 Å². The summed E-state index contributed by atoms with van der Waals surface area (Å²) in [6.07, 6.45) is 5.76. The van der Waals surface area contributed by atoms with Crippen molar-refractivity contribution in [2.24, 2.45) is 11.8 Å². The van der Waals surface area contributed by atoms with E-state index in [2.05, 4.69) is 5.32 Å². The van der Waals surface area contributed by atoms with Gasteiger partial charge in [0.1, 0.15) is 11.8 Å². The molecule has 0 aliphatic heterocycles. The van der Waals surface area contributed by atoms with E-state index in [1.54, 1.807) is 31.2 Å². The predicted molar refractivity (Wildman–Crippen MR) is 102 cm³/mol. The van der Waals surface area contributed by atoms with Crippen LogP contribution < -0.4 is 14.4 Å². The number of fused-ring (bicyclic) bond motifs is 2. The summed E-state index contributed by atoms with van der Waals surface area (Å²) in [4.78, 5) is 12.8. The molecule has 2 bridgehead atoms. The lowest BCUT2D eigenvalue weighted by Crippen LogP contribution is -2.51. The first-order valence-corrected chi connectivity index (χ1v) is 11.2. The minimum absolute atomic E-state index is 0.186. The quantitative estimate of drug-likeness (QED) is 0.789. The number of sulfonamides is 1. The summed E-state index contributed by atoms with van der Waals surface area (Å²) in [6, 6.07) is 6.17. The van der Waals surface area contributed by atoms with Crippen LogP contribution >= 0.6 is 0 Å². The fraction of sp³-hybridized carbons (Fsp3) is 0.632. The van der Waals surface area contributed by atoms with Gasteiger partial charge in [-0.05, 0) is 69.2 Å². The number of carbonyl (C=O) groups is 1. The Morgan fingerprint density at radius 3 is 2.46 bits per heavy atom. The molecule has 6 nitrogen and oxygen atoms in total. The first kappa shape index (κ1) is 19.0. The standard InChI is InChI=1S/C19H28N2O4S/c1-4-25-17-9-7-16(8-10-17)21(26(3,23)24)13(2)19(22)20-18-12-14-5-6-15(18)11-14/h7-10,13-15,18H,4-6,11-12H2,1-3H3,(H,20,22)/t13-,14-,15-,18-/m0/s1. The average Bonchev–Trinajstić information content (AvgIpc) is 3.18. The maximum Gasteiger partial charge on any atom is 0.243 e. The van der Waals surface area contributed by atoms with Crippen molar-refractivity contribution in [2.45, 2.75) is 51.6 Å². The third-order valence-electron chi connectivity index (χ3n) is 5.56. The Bertz CT molecular complexity index is 747. The molecule has 1 amide bonds. The highest BCUT2D eigenvalue weighted by Crippen LogP contribution is 2.44. The Labute approximate surface area is 156 Å². The molecule has 2 aliphatic carbocycles. The van der Waals surface area contributed by atoms with Crippen molar-refractivity contribution in [3.05, 3.63) is 24.3 Å². The molecule has 7 heteroatoms. The average molecular weight is 381 g/mol. The van der Waals surface area contributed by atoms with Gasteiger partial charge in [-0.1, -0.05) is 6.42 Å². The van der Waals surface area contributed by atoms with Crippen LogP contribution in [0.25, 0.3) is 0 Å². The summed E-state index contributed by atoms with van der Waals surface area (Å²) in [5, 5.41) is 3.09. The van der Waals surface area contributed by atoms with E-state index < -0.39 is 16.1 Å². The summed E-state index contributed by atoms with van der Waals surface area (Å²) in [5.41, 5.74) is 0.464. The molecule has 0 aromatic heterocycles. The lowest BCUT2D eigenvalue weighted by molar-refractivity contribution is -0.122. The third-order valence-corrected chi connectivity index (χ3v) is 6.80. The fourth-order valence-corrected chi connectivity index (χ4v) is 5.56. The van der Waals surface area contributed by atoms with Gasteiger partial charge in [0.15, 0.2) is 0 Å². The lowest BCUT2D eigenvalue weighted by Gasteiger charge is -2.31. The van der Waals surface area contributed by atoms with Crippen LogP contribution in [0.4, 0.5) is 5.69 Å². The van der Waals surface area contributed by atoms with Gasteiger partial charge in [-0.3, -0.25) is 9.10 Å². The maximum absolute atomic E-state index is 12.8. The van der Waals surface area contributed by atoms with Crippen molar-refractivity contribution in [1.29, 1.82) is 0 Å². The maximum atomic E-state index is 12.8. The smallest absolute Gasteiger partial charge is 0.243 e. The van der Waals surface area contributed by atoms with E-state index in [0.29, 0.717) is 24.0 Å². The number of rotatable bonds is 7. The van der Waals surface area contributed by atoms with Crippen molar-refractivity contribution >= 4 is 21.6 Å². The largest absolute Gasteiger partial charge is 0.494 e. The minimum atomic E-state index is -3.60. The topological polar surface area (TPSA) is 75.7 Å². The zero-order valence-electron chi connectivity index (χ0n) is 15.6. The first-order valence-electron chi connectivity index (χ1n) is 9.32. The van der Waals surface area contributed by atoms with Crippen molar-refractivity contribution in [3.8, 4) is 5.75 Å². The van der Waals surface area contributed by atoms with E-state index in [-0.39, 0.29) is 11.9 Å². The molecule has 26 heavy (non-hydrogen) atoms. The molecule has 0 saturated heterocycles. The molecule has 0 unspecified atom stereocenters. The summed E-state index contributed by atoms with van der Waals surface area (Å²) >= 11 is 0. The summed E-state index contributed by atoms with van der Waals surface area (Å²) in [5.74, 6) is 1.71. The van der Waals surface area contributed by atoms with E-state index in [0.717, 1.165) is 18.6 Å². The second-order valence-corrected chi connectivity index (χ2v) is 9.31. The zero-order chi connectivity index (χ0) is 18.9. The number of amides is 1. The van der Waals surface area contributed by atoms with Gasteiger partial charge >= 0.3 is 0 Å². The summed E-state index contributed by atoms with van der Waals surface area (Å²) in [7, 11) is -3.60. The van der Waals surface area contributed by atoms with Crippen LogP contribution in [0.2, 0.25) is 0 Å². The van der Waals surface area contributed by atoms with Crippen LogP contribution in [0.1, 0.15) is 39.5 Å². The molecule has 1 aromatic carbocycles. The molecule has 2 fully saturated rings. The highest BCUT2D eigenvalue weighted by atomic mass is 32.2. The Kier molecular flexibility index (Phi) is 5.46. The lowest BCUT2D eigenvalue weighted by atomic mass is 9.95. The fourth-order valence-electron chi connectivity index (χ4n) is 4.39. The number of nitrogens with one attached hydrogen (secondary N) is 1. The molecule has 2 aliphatic rings. The molecule has 0 heterocycles. The number of nitrogens with zero attached hydrogens (tertiary/aromatic N) is 1. The van der Waals surface area contributed by atoms with E-state index in [4.69, 9.17) is 4.74 Å². The number of hydrogen-bond acceptors (Lipinski definition) is 4. The van der Waals surface area contributed by atoms with E-state index in [1.165, 1.54) is 23.6 Å². The van der Waals surface area contributed by atoms with Crippen molar-refractivity contribution < 1.29 is 17.9 Å². The minimum Gasteiger partial charge on any atom is -0.494 e. The highest BCUT2D eigenvalue weighted by Gasteiger charge is 2.41. The summed E-state index contributed by atoms with van der Waals surface area (Å²) < 4.78 is 31.3. The molecule has 1 N–H and O–H groups in total. The molecule has 2 saturated carbocycles. The molecule has 3 rings (SSSR count). The molecule has 0 spiro atoms. The number of anilines is 1. The second kappa shape index (κ2) is 7.47. The molecular weight excluding hydrogens is 352 g/mol. The molecule has 0 radical (unpaired) electrons. The van der Waals surface area contributed by atoms with E-state index >= 15 is 0 Å². The number of ether oxygens (including phenoxy) is 1.